The molecular weight excluding hydrogens is 379 g/mol. The number of rotatable bonds is 4. The van der Waals surface area contributed by atoms with E-state index in [1.165, 1.54) is 6.07 Å². The smallest absolute Gasteiger partial charge is 0.272 e. The molecule has 0 amide bonds. The number of anilines is 1. The number of benzene rings is 2. The minimum absolute atomic E-state index is 0.106. The van der Waals surface area contributed by atoms with Gasteiger partial charge in [-0.2, -0.15) is 0 Å². The van der Waals surface area contributed by atoms with Crippen molar-refractivity contribution >= 4 is 50.5 Å². The van der Waals surface area contributed by atoms with Crippen molar-refractivity contribution < 1.29 is 4.92 Å². The molecular formula is C14H11BrCl2N2O2. The Morgan fingerprint density at radius 2 is 1.95 bits per heavy atom. The van der Waals surface area contributed by atoms with Crippen LogP contribution in [-0.4, -0.2) is 4.92 Å². The third-order valence-corrected chi connectivity index (χ3v) is 4.89. The van der Waals surface area contributed by atoms with Crippen LogP contribution in [0, 0.1) is 17.0 Å². The quantitative estimate of drug-likeness (QED) is 0.421. The van der Waals surface area contributed by atoms with Gasteiger partial charge in [0.15, 0.2) is 0 Å². The number of nitro benzene ring substituents is 1. The van der Waals surface area contributed by atoms with Crippen LogP contribution in [0.5, 0.6) is 0 Å². The van der Waals surface area contributed by atoms with Crippen LogP contribution in [-0.2, 0) is 6.54 Å². The maximum Gasteiger partial charge on any atom is 0.272 e. The Morgan fingerprint density at radius 3 is 2.62 bits per heavy atom. The van der Waals surface area contributed by atoms with Gasteiger partial charge in [-0.05, 0) is 40.5 Å². The first kappa shape index (κ1) is 16.1. The van der Waals surface area contributed by atoms with E-state index in [0.29, 0.717) is 32.3 Å². The summed E-state index contributed by atoms with van der Waals surface area (Å²) in [4.78, 5) is 10.5. The van der Waals surface area contributed by atoms with Gasteiger partial charge in [0.1, 0.15) is 0 Å². The highest BCUT2D eigenvalue weighted by molar-refractivity contribution is 9.10. The lowest BCUT2D eigenvalue weighted by atomic mass is 10.1. The normalized spacial score (nSPS) is 10.5. The Bertz CT molecular complexity index is 708. The zero-order valence-electron chi connectivity index (χ0n) is 11.0. The molecule has 7 heteroatoms. The summed E-state index contributed by atoms with van der Waals surface area (Å²) >= 11 is 15.5. The molecule has 2 rings (SSSR count). The summed E-state index contributed by atoms with van der Waals surface area (Å²) in [6.45, 7) is 2.15. The SMILES string of the molecule is Cc1c(CNc2ccc(Br)c(Cl)c2Cl)cccc1[N+](=O)[O-]. The first-order chi connectivity index (χ1) is 9.91. The van der Waals surface area contributed by atoms with Gasteiger partial charge >= 0.3 is 0 Å². The van der Waals surface area contributed by atoms with Gasteiger partial charge in [-0.15, -0.1) is 0 Å². The highest BCUT2D eigenvalue weighted by Gasteiger charge is 2.14. The number of halogens is 3. The van der Waals surface area contributed by atoms with Gasteiger partial charge in [0.05, 0.1) is 20.7 Å². The fourth-order valence-corrected chi connectivity index (χ4v) is 2.75. The number of hydrogen-bond donors (Lipinski definition) is 1. The van der Waals surface area contributed by atoms with E-state index in [4.69, 9.17) is 23.2 Å². The Hall–Kier alpha value is -1.30. The summed E-state index contributed by atoms with van der Waals surface area (Å²) in [6, 6.07) is 8.58. The number of hydrogen-bond acceptors (Lipinski definition) is 3. The molecule has 0 radical (unpaired) electrons. The predicted molar refractivity (Wildman–Crippen MR) is 89.3 cm³/mol. The standard InChI is InChI=1S/C14H11BrCl2N2O2/c1-8-9(3-2-4-12(8)19(20)21)7-18-11-6-5-10(15)13(16)14(11)17/h2-6,18H,7H2,1H3. The van der Waals surface area contributed by atoms with Crippen molar-refractivity contribution in [2.75, 3.05) is 5.32 Å². The molecule has 1 N–H and O–H groups in total. The van der Waals surface area contributed by atoms with Crippen LogP contribution in [0.1, 0.15) is 11.1 Å². The van der Waals surface area contributed by atoms with Crippen molar-refractivity contribution in [3.05, 3.63) is 66.1 Å². The van der Waals surface area contributed by atoms with Crippen LogP contribution >= 0.6 is 39.1 Å². The van der Waals surface area contributed by atoms with Crippen LogP contribution in [0.4, 0.5) is 11.4 Å². The average Bonchev–Trinajstić information content (AvgIpc) is 2.45. The molecule has 2 aromatic carbocycles. The highest BCUT2D eigenvalue weighted by atomic mass is 79.9. The van der Waals surface area contributed by atoms with E-state index in [1.807, 2.05) is 6.07 Å². The van der Waals surface area contributed by atoms with Crippen molar-refractivity contribution in [1.29, 1.82) is 0 Å². The largest absolute Gasteiger partial charge is 0.380 e. The van der Waals surface area contributed by atoms with Crippen molar-refractivity contribution in [3.63, 3.8) is 0 Å². The Morgan fingerprint density at radius 1 is 1.24 bits per heavy atom. The first-order valence-electron chi connectivity index (χ1n) is 6.02. The second kappa shape index (κ2) is 6.64. The Labute approximate surface area is 140 Å². The van der Waals surface area contributed by atoms with E-state index in [1.54, 1.807) is 25.1 Å². The lowest BCUT2D eigenvalue weighted by molar-refractivity contribution is -0.385. The van der Waals surface area contributed by atoms with Crippen molar-refractivity contribution in [1.82, 2.24) is 0 Å². The van der Waals surface area contributed by atoms with E-state index < -0.39 is 0 Å². The molecule has 0 saturated carbocycles. The lowest BCUT2D eigenvalue weighted by Gasteiger charge is -2.12. The van der Waals surface area contributed by atoms with Crippen LogP contribution < -0.4 is 5.32 Å². The lowest BCUT2D eigenvalue weighted by Crippen LogP contribution is -2.04. The Balaban J connectivity index is 2.23. The van der Waals surface area contributed by atoms with E-state index >= 15 is 0 Å². The van der Waals surface area contributed by atoms with Crippen molar-refractivity contribution in [3.8, 4) is 0 Å². The molecule has 0 unspecified atom stereocenters. The minimum atomic E-state index is -0.387. The number of nitro groups is 1. The zero-order chi connectivity index (χ0) is 15.6. The Kier molecular flexibility index (Phi) is 5.08. The van der Waals surface area contributed by atoms with E-state index in [-0.39, 0.29) is 10.6 Å². The molecule has 110 valence electrons. The summed E-state index contributed by atoms with van der Waals surface area (Å²) in [6.07, 6.45) is 0. The molecule has 0 saturated heterocycles. The second-order valence-corrected chi connectivity index (χ2v) is 6.01. The van der Waals surface area contributed by atoms with Crippen LogP contribution in [0.25, 0.3) is 0 Å². The summed E-state index contributed by atoms with van der Waals surface area (Å²) < 4.78 is 0.714. The number of nitrogens with one attached hydrogen (secondary N) is 1. The maximum atomic E-state index is 10.9. The van der Waals surface area contributed by atoms with E-state index in [0.717, 1.165) is 5.56 Å². The van der Waals surface area contributed by atoms with Crippen LogP contribution in [0.15, 0.2) is 34.8 Å². The third kappa shape index (κ3) is 3.48. The fourth-order valence-electron chi connectivity index (χ4n) is 1.91. The fraction of sp³-hybridized carbons (Fsp3) is 0.143. The predicted octanol–water partition coefficient (Wildman–Crippen LogP) is 5.58. The van der Waals surface area contributed by atoms with Gasteiger partial charge in [-0.25, -0.2) is 0 Å². The molecule has 0 aliphatic carbocycles. The molecule has 4 nitrogen and oxygen atoms in total. The molecule has 0 fully saturated rings. The van der Waals surface area contributed by atoms with Gasteiger partial charge in [0.2, 0.25) is 0 Å². The van der Waals surface area contributed by atoms with Gasteiger partial charge < -0.3 is 5.32 Å². The second-order valence-electron chi connectivity index (χ2n) is 4.39. The first-order valence-corrected chi connectivity index (χ1v) is 7.57. The molecule has 0 atom stereocenters. The van der Waals surface area contributed by atoms with Crippen LogP contribution in [0.2, 0.25) is 10.0 Å². The molecule has 0 aromatic heterocycles. The van der Waals surface area contributed by atoms with Gasteiger partial charge in [-0.1, -0.05) is 35.3 Å². The molecule has 0 spiro atoms. The maximum absolute atomic E-state index is 10.9. The van der Waals surface area contributed by atoms with E-state index in [9.17, 15) is 10.1 Å². The van der Waals surface area contributed by atoms with Gasteiger partial charge in [0.25, 0.3) is 5.69 Å². The molecule has 2 aromatic rings. The average molecular weight is 390 g/mol. The van der Waals surface area contributed by atoms with Gasteiger partial charge in [-0.3, -0.25) is 10.1 Å². The molecule has 0 heterocycles. The highest BCUT2D eigenvalue weighted by Crippen LogP contribution is 2.36. The third-order valence-electron chi connectivity index (χ3n) is 3.12. The van der Waals surface area contributed by atoms with Crippen molar-refractivity contribution in [2.24, 2.45) is 0 Å². The summed E-state index contributed by atoms with van der Waals surface area (Å²) in [5.74, 6) is 0. The minimum Gasteiger partial charge on any atom is -0.380 e. The zero-order valence-corrected chi connectivity index (χ0v) is 14.1. The molecule has 0 bridgehead atoms. The van der Waals surface area contributed by atoms with Crippen LogP contribution in [0.3, 0.4) is 0 Å². The monoisotopic (exact) mass is 388 g/mol. The molecule has 21 heavy (non-hydrogen) atoms. The molecule has 0 aliphatic heterocycles. The van der Waals surface area contributed by atoms with E-state index in [2.05, 4.69) is 21.2 Å². The molecule has 0 aliphatic rings. The topological polar surface area (TPSA) is 55.2 Å². The summed E-state index contributed by atoms with van der Waals surface area (Å²) in [5.41, 5.74) is 2.25. The van der Waals surface area contributed by atoms with Crippen molar-refractivity contribution in [2.45, 2.75) is 13.5 Å². The number of nitrogens with zero attached hydrogens (tertiary/aromatic N) is 1. The summed E-state index contributed by atoms with van der Waals surface area (Å²) in [5, 5.41) is 14.9. The van der Waals surface area contributed by atoms with Gasteiger partial charge in [0, 0.05) is 22.6 Å². The summed E-state index contributed by atoms with van der Waals surface area (Å²) in [7, 11) is 0.